The Morgan fingerprint density at radius 1 is 1.24 bits per heavy atom. The number of carboxylic acid groups (broad SMARTS) is 1. The first-order valence-corrected chi connectivity index (χ1v) is 14.2. The Morgan fingerprint density at radius 2 is 2.00 bits per heavy atom. The zero-order valence-corrected chi connectivity index (χ0v) is 22.0. The molecular weight excluding hydrogens is 493 g/mol. The molecule has 0 spiro atoms. The highest BCUT2D eigenvalue weighted by atomic mass is 32.2. The summed E-state index contributed by atoms with van der Waals surface area (Å²) in [5, 5.41) is 23.9. The van der Waals surface area contributed by atoms with Crippen molar-refractivity contribution in [2.75, 3.05) is 18.8 Å². The molecule has 0 bridgehead atoms. The smallest absolute Gasteiger partial charge is 0.339 e. The first-order chi connectivity index (χ1) is 17.6. The Balaban J connectivity index is 1.28. The standard InChI is InChI=1S/C29H34FNO5S/c1-26-11-10-20(32)14-18(26)8-9-22-23-15-19-17-31(12-13-37-21-6-4-3-5-7-21)36-29(19,25(34)35)27(23,2)16-24(33)28(22,26)30/h3-7,10-11,14,19,22-24,33H,8-9,12-13,15-17H2,1-2H3,(H,34,35)/t19-,22-,23-,24-,26-,27-,28-,29-/m0/s1. The molecule has 5 aliphatic rings. The second kappa shape index (κ2) is 8.50. The summed E-state index contributed by atoms with van der Waals surface area (Å²) in [6, 6.07) is 10.0. The molecule has 37 heavy (non-hydrogen) atoms. The minimum atomic E-state index is -1.97. The number of hydrogen-bond acceptors (Lipinski definition) is 6. The fourth-order valence-corrected chi connectivity index (χ4v) is 9.49. The molecule has 6 nitrogen and oxygen atoms in total. The summed E-state index contributed by atoms with van der Waals surface area (Å²) in [7, 11) is 0. The molecule has 198 valence electrons. The van der Waals surface area contributed by atoms with E-state index in [1.54, 1.807) is 29.8 Å². The van der Waals surface area contributed by atoms with Crippen LogP contribution < -0.4 is 0 Å². The van der Waals surface area contributed by atoms with Gasteiger partial charge in [-0.25, -0.2) is 9.18 Å². The monoisotopic (exact) mass is 527 g/mol. The third-order valence-electron chi connectivity index (χ3n) is 10.4. The van der Waals surface area contributed by atoms with Gasteiger partial charge in [0, 0.05) is 46.4 Å². The number of ketones is 1. The molecule has 4 aliphatic carbocycles. The van der Waals surface area contributed by atoms with Gasteiger partial charge >= 0.3 is 5.97 Å². The van der Waals surface area contributed by atoms with Gasteiger partial charge in [-0.2, -0.15) is 5.06 Å². The molecule has 0 radical (unpaired) electrons. The topological polar surface area (TPSA) is 87.1 Å². The van der Waals surface area contributed by atoms with Crippen molar-refractivity contribution in [2.24, 2.45) is 28.6 Å². The number of rotatable bonds is 5. The van der Waals surface area contributed by atoms with Crippen molar-refractivity contribution in [2.45, 2.75) is 61.8 Å². The summed E-state index contributed by atoms with van der Waals surface area (Å²) in [4.78, 5) is 32.5. The van der Waals surface area contributed by atoms with Gasteiger partial charge in [-0.15, -0.1) is 11.8 Å². The Labute approximate surface area is 220 Å². The van der Waals surface area contributed by atoms with E-state index >= 15 is 4.39 Å². The first kappa shape index (κ1) is 25.3. The number of nitrogens with zero attached hydrogens (tertiary/aromatic N) is 1. The van der Waals surface area contributed by atoms with Crippen molar-refractivity contribution in [3.8, 4) is 0 Å². The average molecular weight is 528 g/mol. The Kier molecular flexibility index (Phi) is 5.81. The van der Waals surface area contributed by atoms with Crippen molar-refractivity contribution >= 4 is 23.5 Å². The van der Waals surface area contributed by atoms with E-state index in [0.717, 1.165) is 16.2 Å². The maximum atomic E-state index is 17.3. The Bertz CT molecular complexity index is 1190. The molecule has 6 rings (SSSR count). The number of aliphatic hydroxyl groups is 1. The van der Waals surface area contributed by atoms with Gasteiger partial charge in [0.2, 0.25) is 0 Å². The van der Waals surface area contributed by atoms with Crippen LogP contribution in [0.15, 0.2) is 59.0 Å². The van der Waals surface area contributed by atoms with Crippen molar-refractivity contribution in [3.63, 3.8) is 0 Å². The quantitative estimate of drug-likeness (QED) is 0.548. The molecule has 2 N–H and O–H groups in total. The highest BCUT2D eigenvalue weighted by Crippen LogP contribution is 2.72. The maximum Gasteiger partial charge on any atom is 0.339 e. The number of thioether (sulfide) groups is 1. The maximum absolute atomic E-state index is 17.3. The number of aliphatic carboxylic acids is 1. The molecule has 0 amide bonds. The lowest BCUT2D eigenvalue weighted by Gasteiger charge is -2.62. The molecule has 8 atom stereocenters. The van der Waals surface area contributed by atoms with Crippen LogP contribution in [0, 0.1) is 28.6 Å². The van der Waals surface area contributed by atoms with Crippen molar-refractivity contribution in [1.29, 1.82) is 0 Å². The van der Waals surface area contributed by atoms with Crippen LogP contribution in [-0.4, -0.2) is 63.2 Å². The molecule has 8 heteroatoms. The molecule has 3 saturated carbocycles. The number of carbonyl (C=O) groups excluding carboxylic acids is 1. The summed E-state index contributed by atoms with van der Waals surface area (Å²) >= 11 is 1.70. The number of hydroxylamine groups is 2. The van der Waals surface area contributed by atoms with Crippen LogP contribution in [0.5, 0.6) is 0 Å². The van der Waals surface area contributed by atoms with Crippen LogP contribution in [-0.2, 0) is 14.4 Å². The van der Waals surface area contributed by atoms with Gasteiger partial charge in [0.05, 0.1) is 6.10 Å². The minimum absolute atomic E-state index is 0.00469. The zero-order valence-electron chi connectivity index (χ0n) is 21.2. The van der Waals surface area contributed by atoms with E-state index < -0.39 is 40.1 Å². The first-order valence-electron chi connectivity index (χ1n) is 13.2. The predicted molar refractivity (Wildman–Crippen MR) is 137 cm³/mol. The number of halogens is 1. The summed E-state index contributed by atoms with van der Waals surface area (Å²) in [6.07, 6.45) is 4.79. The van der Waals surface area contributed by atoms with Gasteiger partial charge in [0.25, 0.3) is 0 Å². The number of alkyl halides is 1. The number of hydrogen-bond donors (Lipinski definition) is 2. The summed E-state index contributed by atoms with van der Waals surface area (Å²) < 4.78 is 17.3. The third-order valence-corrected chi connectivity index (χ3v) is 11.4. The summed E-state index contributed by atoms with van der Waals surface area (Å²) in [6.45, 7) is 4.73. The SMILES string of the molecule is C[C@]12C=CC(=O)C=C1CC[C@H]1[C@@H]3C[C@H]4CN(CCSc5ccccc5)O[C@@]4(C(=O)O)[C@@]3(C)C[C@H](O)[C@@]12F. The van der Waals surface area contributed by atoms with Crippen LogP contribution in [0.2, 0.25) is 0 Å². The third kappa shape index (κ3) is 3.28. The number of aliphatic hydroxyl groups excluding tert-OH is 1. The van der Waals surface area contributed by atoms with Crippen LogP contribution in [0.4, 0.5) is 4.39 Å². The number of carbonyl (C=O) groups is 2. The van der Waals surface area contributed by atoms with E-state index in [4.69, 9.17) is 4.84 Å². The lowest BCUT2D eigenvalue weighted by atomic mass is 9.45. The summed E-state index contributed by atoms with van der Waals surface area (Å²) in [5.41, 5.74) is -4.74. The van der Waals surface area contributed by atoms with Crippen LogP contribution in [0.25, 0.3) is 0 Å². The van der Waals surface area contributed by atoms with Gasteiger partial charge in [-0.3, -0.25) is 9.63 Å². The molecule has 0 unspecified atom stereocenters. The number of benzene rings is 1. The second-order valence-corrected chi connectivity index (χ2v) is 13.0. The molecule has 1 aromatic rings. The van der Waals surface area contributed by atoms with Crippen LogP contribution in [0.3, 0.4) is 0 Å². The van der Waals surface area contributed by atoms with Crippen LogP contribution in [0.1, 0.15) is 39.5 Å². The number of fused-ring (bicyclic) bond motifs is 7. The minimum Gasteiger partial charge on any atom is -0.479 e. The fourth-order valence-electron chi connectivity index (χ4n) is 8.61. The van der Waals surface area contributed by atoms with Crippen molar-refractivity contribution in [1.82, 2.24) is 5.06 Å². The molecule has 1 saturated heterocycles. The van der Waals surface area contributed by atoms with Gasteiger partial charge < -0.3 is 10.2 Å². The van der Waals surface area contributed by atoms with E-state index in [2.05, 4.69) is 0 Å². The van der Waals surface area contributed by atoms with Gasteiger partial charge in [0.1, 0.15) is 0 Å². The molecule has 1 aliphatic heterocycles. The molecule has 4 fully saturated rings. The van der Waals surface area contributed by atoms with Gasteiger partial charge in [-0.1, -0.05) is 36.8 Å². The van der Waals surface area contributed by atoms with E-state index in [0.29, 0.717) is 32.4 Å². The fraction of sp³-hybridized carbons (Fsp3) is 0.586. The molecule has 1 heterocycles. The Morgan fingerprint density at radius 3 is 2.73 bits per heavy atom. The Hall–Kier alpha value is -2.00. The van der Waals surface area contributed by atoms with Crippen molar-refractivity contribution in [3.05, 3.63) is 54.1 Å². The van der Waals surface area contributed by atoms with E-state index in [9.17, 15) is 19.8 Å². The molecule has 1 aromatic carbocycles. The lowest BCUT2D eigenvalue weighted by molar-refractivity contribution is -0.270. The molecular formula is C29H34FNO5S. The number of allylic oxidation sites excluding steroid dienone is 4. The summed E-state index contributed by atoms with van der Waals surface area (Å²) in [5.74, 6) is -1.47. The lowest BCUT2D eigenvalue weighted by Crippen LogP contribution is -2.69. The zero-order chi connectivity index (χ0) is 26.2. The van der Waals surface area contributed by atoms with Crippen molar-refractivity contribution < 1.29 is 29.0 Å². The van der Waals surface area contributed by atoms with E-state index in [1.165, 1.54) is 12.2 Å². The van der Waals surface area contributed by atoms with E-state index in [-0.39, 0.29) is 24.0 Å². The largest absolute Gasteiger partial charge is 0.479 e. The second-order valence-electron chi connectivity index (χ2n) is 11.9. The average Bonchev–Trinajstić information content (AvgIpc) is 3.34. The number of carboxylic acids is 1. The molecule has 0 aromatic heterocycles. The predicted octanol–water partition coefficient (Wildman–Crippen LogP) is 4.45. The van der Waals surface area contributed by atoms with E-state index in [1.807, 2.05) is 37.3 Å². The van der Waals surface area contributed by atoms with Gasteiger partial charge in [0.15, 0.2) is 17.1 Å². The van der Waals surface area contributed by atoms with Crippen LogP contribution >= 0.6 is 11.8 Å². The highest BCUT2D eigenvalue weighted by molar-refractivity contribution is 7.99. The highest BCUT2D eigenvalue weighted by Gasteiger charge is 2.79. The normalized spacial score (nSPS) is 44.5. The van der Waals surface area contributed by atoms with Gasteiger partial charge in [-0.05, 0) is 62.8 Å².